The first kappa shape index (κ1) is 11.8. The van der Waals surface area contributed by atoms with E-state index in [0.29, 0.717) is 0 Å². The minimum atomic E-state index is -4.12. The molecule has 1 fully saturated rings. The van der Waals surface area contributed by atoms with Gasteiger partial charge in [-0.1, -0.05) is 0 Å². The Hall–Kier alpha value is -1.67. The summed E-state index contributed by atoms with van der Waals surface area (Å²) in [4.78, 5) is 14.3. The van der Waals surface area contributed by atoms with Gasteiger partial charge in [-0.2, -0.15) is 0 Å². The summed E-state index contributed by atoms with van der Waals surface area (Å²) in [6.07, 6.45) is 2.92. The number of aromatic nitrogens is 1. The summed E-state index contributed by atoms with van der Waals surface area (Å²) < 4.78 is 28.2. The largest absolute Gasteiger partial charge is 0.489 e. The van der Waals surface area contributed by atoms with Crippen molar-refractivity contribution in [2.45, 2.75) is 23.8 Å². The fourth-order valence-corrected chi connectivity index (χ4v) is 2.16. The molecule has 2 rings (SSSR count). The number of nitrogens with two attached hydrogens (primary N) is 2. The highest BCUT2D eigenvalue weighted by atomic mass is 32.2. The van der Waals surface area contributed by atoms with Crippen LogP contribution in [0.2, 0.25) is 0 Å². The Morgan fingerprint density at radius 2 is 2.12 bits per heavy atom. The van der Waals surface area contributed by atoms with Gasteiger partial charge in [-0.15, -0.1) is 0 Å². The van der Waals surface area contributed by atoms with Crippen molar-refractivity contribution >= 4 is 15.9 Å². The molecule has 4 N–H and O–H groups in total. The lowest BCUT2D eigenvalue weighted by Gasteiger charge is -2.10. The monoisotopic (exact) mass is 257 g/mol. The average Bonchev–Trinajstić information content (AvgIpc) is 2.99. The number of hydrogen-bond acceptors (Lipinski definition) is 5. The highest BCUT2D eigenvalue weighted by molar-refractivity contribution is 7.89. The minimum Gasteiger partial charge on any atom is -0.489 e. The van der Waals surface area contributed by atoms with Crippen LogP contribution in [-0.2, 0) is 10.0 Å². The molecule has 17 heavy (non-hydrogen) atoms. The Labute approximate surface area is 97.8 Å². The van der Waals surface area contributed by atoms with Crippen molar-refractivity contribution in [1.82, 2.24) is 4.98 Å². The highest BCUT2D eigenvalue weighted by Crippen LogP contribution is 2.31. The topological polar surface area (TPSA) is 125 Å². The van der Waals surface area contributed by atoms with Gasteiger partial charge in [0.2, 0.25) is 10.0 Å². The van der Waals surface area contributed by atoms with Crippen molar-refractivity contribution in [3.05, 3.63) is 18.0 Å². The molecule has 1 aliphatic rings. The molecule has 1 aromatic rings. The number of amides is 1. The van der Waals surface area contributed by atoms with Crippen LogP contribution < -0.4 is 15.6 Å². The van der Waals surface area contributed by atoms with E-state index >= 15 is 0 Å². The molecule has 92 valence electrons. The molecule has 0 aromatic carbocycles. The molecule has 1 amide bonds. The van der Waals surface area contributed by atoms with Crippen molar-refractivity contribution in [3.8, 4) is 5.75 Å². The minimum absolute atomic E-state index is 0.0267. The van der Waals surface area contributed by atoms with Gasteiger partial charge >= 0.3 is 0 Å². The van der Waals surface area contributed by atoms with Crippen LogP contribution in [0.15, 0.2) is 17.2 Å². The molecule has 0 aliphatic heterocycles. The van der Waals surface area contributed by atoms with E-state index < -0.39 is 26.5 Å². The fraction of sp³-hybridized carbons (Fsp3) is 0.333. The van der Waals surface area contributed by atoms with Crippen LogP contribution in [0.5, 0.6) is 5.75 Å². The van der Waals surface area contributed by atoms with Crippen LogP contribution in [-0.4, -0.2) is 25.4 Å². The van der Waals surface area contributed by atoms with Gasteiger partial charge < -0.3 is 10.5 Å². The molecule has 1 aliphatic carbocycles. The Bertz CT molecular complexity index is 566. The van der Waals surface area contributed by atoms with E-state index in [1.807, 2.05) is 0 Å². The second-order valence-electron chi connectivity index (χ2n) is 3.71. The number of primary sulfonamides is 1. The van der Waals surface area contributed by atoms with Crippen LogP contribution in [0.1, 0.15) is 23.3 Å². The second kappa shape index (κ2) is 3.97. The third kappa shape index (κ3) is 2.53. The molecule has 0 atom stereocenters. The van der Waals surface area contributed by atoms with Gasteiger partial charge in [0.15, 0.2) is 10.6 Å². The quantitative estimate of drug-likeness (QED) is 0.742. The number of hydrogen-bond donors (Lipinski definition) is 2. The molecule has 8 heteroatoms. The Balaban J connectivity index is 2.57. The van der Waals surface area contributed by atoms with Gasteiger partial charge in [0.05, 0.1) is 6.10 Å². The van der Waals surface area contributed by atoms with Crippen LogP contribution in [0.4, 0.5) is 0 Å². The SMILES string of the molecule is NC(=O)c1nccc(OC2CC2)c1S(N)(=O)=O. The van der Waals surface area contributed by atoms with Gasteiger partial charge in [0.25, 0.3) is 5.91 Å². The third-order valence-electron chi connectivity index (χ3n) is 2.20. The number of nitrogens with zero attached hydrogens (tertiary/aromatic N) is 1. The van der Waals surface area contributed by atoms with Gasteiger partial charge in [0.1, 0.15) is 5.75 Å². The van der Waals surface area contributed by atoms with Gasteiger partial charge in [-0.3, -0.25) is 4.79 Å². The first-order chi connectivity index (χ1) is 7.89. The number of carbonyl (C=O) groups is 1. The third-order valence-corrected chi connectivity index (χ3v) is 3.17. The molecule has 1 aromatic heterocycles. The van der Waals surface area contributed by atoms with Crippen molar-refractivity contribution in [2.24, 2.45) is 10.9 Å². The summed E-state index contributed by atoms with van der Waals surface area (Å²) in [5, 5.41) is 5.04. The van der Waals surface area contributed by atoms with Crippen LogP contribution >= 0.6 is 0 Å². The summed E-state index contributed by atoms with van der Waals surface area (Å²) in [6.45, 7) is 0. The van der Waals surface area contributed by atoms with Crippen molar-refractivity contribution < 1.29 is 17.9 Å². The van der Waals surface area contributed by atoms with E-state index in [4.69, 9.17) is 15.6 Å². The molecule has 1 saturated carbocycles. The highest BCUT2D eigenvalue weighted by Gasteiger charge is 2.29. The Kier molecular flexibility index (Phi) is 2.76. The second-order valence-corrected chi connectivity index (χ2v) is 5.21. The van der Waals surface area contributed by atoms with Crippen molar-refractivity contribution in [3.63, 3.8) is 0 Å². The summed E-state index contributed by atoms with van der Waals surface area (Å²) >= 11 is 0. The lowest BCUT2D eigenvalue weighted by molar-refractivity contribution is 0.0991. The van der Waals surface area contributed by atoms with Crippen molar-refractivity contribution in [2.75, 3.05) is 0 Å². The van der Waals surface area contributed by atoms with Gasteiger partial charge in [-0.05, 0) is 18.9 Å². The van der Waals surface area contributed by atoms with E-state index in [1.54, 1.807) is 0 Å². The summed E-state index contributed by atoms with van der Waals surface area (Å²) in [5.41, 5.74) is 4.65. The number of pyridine rings is 1. The Morgan fingerprint density at radius 3 is 2.59 bits per heavy atom. The molecule has 0 saturated heterocycles. The first-order valence-corrected chi connectivity index (χ1v) is 6.42. The first-order valence-electron chi connectivity index (χ1n) is 4.88. The molecular formula is C9H11N3O4S. The maximum atomic E-state index is 11.4. The number of primary amides is 1. The zero-order chi connectivity index (χ0) is 12.6. The zero-order valence-electron chi connectivity index (χ0n) is 8.79. The lowest BCUT2D eigenvalue weighted by atomic mass is 10.3. The zero-order valence-corrected chi connectivity index (χ0v) is 9.61. The Morgan fingerprint density at radius 1 is 1.47 bits per heavy atom. The van der Waals surface area contributed by atoms with Gasteiger partial charge in [0, 0.05) is 6.20 Å². The number of sulfonamides is 1. The van der Waals surface area contributed by atoms with E-state index in [2.05, 4.69) is 4.98 Å². The number of carbonyl (C=O) groups excluding carboxylic acids is 1. The summed E-state index contributed by atoms with van der Waals surface area (Å²) in [6, 6.07) is 1.35. The van der Waals surface area contributed by atoms with E-state index in [1.165, 1.54) is 12.3 Å². The molecule has 0 bridgehead atoms. The molecule has 0 unspecified atom stereocenters. The molecule has 0 spiro atoms. The number of rotatable bonds is 4. The fourth-order valence-electron chi connectivity index (χ4n) is 1.34. The van der Waals surface area contributed by atoms with Crippen molar-refractivity contribution in [1.29, 1.82) is 0 Å². The smallest absolute Gasteiger partial charge is 0.268 e. The molecule has 7 nitrogen and oxygen atoms in total. The van der Waals surface area contributed by atoms with Gasteiger partial charge in [-0.25, -0.2) is 18.5 Å². The summed E-state index contributed by atoms with van der Waals surface area (Å²) in [5.74, 6) is -0.936. The predicted molar refractivity (Wildman–Crippen MR) is 57.8 cm³/mol. The number of ether oxygens (including phenoxy) is 1. The van der Waals surface area contributed by atoms with E-state index in [-0.39, 0.29) is 11.9 Å². The molecule has 0 radical (unpaired) electrons. The van der Waals surface area contributed by atoms with Crippen LogP contribution in [0.25, 0.3) is 0 Å². The van der Waals surface area contributed by atoms with E-state index in [0.717, 1.165) is 12.8 Å². The predicted octanol–water partition coefficient (Wildman–Crippen LogP) is -0.631. The van der Waals surface area contributed by atoms with E-state index in [9.17, 15) is 13.2 Å². The molecular weight excluding hydrogens is 246 g/mol. The lowest BCUT2D eigenvalue weighted by Crippen LogP contribution is -2.23. The average molecular weight is 257 g/mol. The normalized spacial score (nSPS) is 15.6. The summed E-state index contributed by atoms with van der Waals surface area (Å²) in [7, 11) is -4.12. The maximum Gasteiger partial charge on any atom is 0.268 e. The van der Waals surface area contributed by atoms with Crippen LogP contribution in [0.3, 0.4) is 0 Å². The maximum absolute atomic E-state index is 11.4. The molecule has 1 heterocycles. The van der Waals surface area contributed by atoms with Crippen LogP contribution in [0, 0.1) is 0 Å². The standard InChI is InChI=1S/C9H11N3O4S/c10-9(13)7-8(17(11,14)15)6(3-4-12-7)16-5-1-2-5/h3-5H,1-2H2,(H2,10,13)(H2,11,14,15).